The number of amides is 2. The van der Waals surface area contributed by atoms with Gasteiger partial charge >= 0.3 is 6.09 Å². The Bertz CT molecular complexity index is 528. The summed E-state index contributed by atoms with van der Waals surface area (Å²) in [4.78, 5) is 24.8. The zero-order valence-electron chi connectivity index (χ0n) is 11.1. The second-order valence-electron chi connectivity index (χ2n) is 5.02. The largest absolute Gasteiger partial charge is 0.447 e. The monoisotopic (exact) mass is 275 g/mol. The molecule has 1 aromatic rings. The lowest BCUT2D eigenvalue weighted by Crippen LogP contribution is -2.29. The summed E-state index contributed by atoms with van der Waals surface area (Å²) in [5, 5.41) is 5.98. The van der Waals surface area contributed by atoms with Crippen molar-refractivity contribution in [3.05, 3.63) is 24.3 Å². The molecule has 1 heterocycles. The van der Waals surface area contributed by atoms with E-state index in [9.17, 15) is 9.59 Å². The minimum absolute atomic E-state index is 0.0713. The molecule has 1 aliphatic carbocycles. The van der Waals surface area contributed by atoms with Crippen molar-refractivity contribution in [2.24, 2.45) is 0 Å². The van der Waals surface area contributed by atoms with Crippen LogP contribution in [0.4, 0.5) is 16.2 Å². The van der Waals surface area contributed by atoms with Crippen molar-refractivity contribution < 1.29 is 14.3 Å². The molecule has 6 heteroatoms. The van der Waals surface area contributed by atoms with Gasteiger partial charge in [0.05, 0.1) is 13.1 Å². The molecule has 106 valence electrons. The van der Waals surface area contributed by atoms with E-state index in [1.165, 1.54) is 0 Å². The third-order valence-corrected chi connectivity index (χ3v) is 3.33. The van der Waals surface area contributed by atoms with Crippen LogP contribution in [0.3, 0.4) is 0 Å². The molecule has 0 aromatic heterocycles. The van der Waals surface area contributed by atoms with Crippen LogP contribution in [0.1, 0.15) is 12.8 Å². The summed E-state index contributed by atoms with van der Waals surface area (Å²) in [5.41, 5.74) is 1.42. The van der Waals surface area contributed by atoms with E-state index >= 15 is 0 Å². The van der Waals surface area contributed by atoms with Crippen molar-refractivity contribution in [3.8, 4) is 0 Å². The first-order valence-corrected chi connectivity index (χ1v) is 6.80. The molecule has 1 aromatic carbocycles. The molecule has 1 saturated carbocycles. The number of nitrogens with one attached hydrogen (secondary N) is 2. The van der Waals surface area contributed by atoms with Crippen LogP contribution in [0.25, 0.3) is 0 Å². The van der Waals surface area contributed by atoms with Crippen molar-refractivity contribution in [1.29, 1.82) is 0 Å². The second-order valence-corrected chi connectivity index (χ2v) is 5.02. The molecule has 6 nitrogen and oxygen atoms in total. The Balaban J connectivity index is 1.61. The molecule has 20 heavy (non-hydrogen) atoms. The Morgan fingerprint density at radius 3 is 2.95 bits per heavy atom. The first-order chi connectivity index (χ1) is 9.72. The highest BCUT2D eigenvalue weighted by Crippen LogP contribution is 2.22. The Kier molecular flexibility index (Phi) is 3.56. The van der Waals surface area contributed by atoms with Crippen molar-refractivity contribution in [1.82, 2.24) is 5.32 Å². The lowest BCUT2D eigenvalue weighted by Gasteiger charge is -2.14. The third-order valence-electron chi connectivity index (χ3n) is 3.33. The van der Waals surface area contributed by atoms with E-state index in [2.05, 4.69) is 10.6 Å². The zero-order chi connectivity index (χ0) is 13.9. The second kappa shape index (κ2) is 5.50. The van der Waals surface area contributed by atoms with Gasteiger partial charge in [0.15, 0.2) is 0 Å². The normalized spacial score (nSPS) is 18.0. The zero-order valence-corrected chi connectivity index (χ0v) is 11.1. The van der Waals surface area contributed by atoms with Gasteiger partial charge in [0, 0.05) is 17.4 Å². The predicted molar refractivity (Wildman–Crippen MR) is 74.8 cm³/mol. The number of anilines is 2. The fourth-order valence-electron chi connectivity index (χ4n) is 2.11. The smallest absolute Gasteiger partial charge is 0.414 e. The molecule has 3 rings (SSSR count). The van der Waals surface area contributed by atoms with Crippen molar-refractivity contribution in [3.63, 3.8) is 0 Å². The number of carbonyl (C=O) groups excluding carboxylic acids is 2. The number of hydrogen-bond donors (Lipinski definition) is 2. The SMILES string of the molecule is O=C(CNC1CC1)Nc1cccc(N2CCOC2=O)c1. The minimum Gasteiger partial charge on any atom is -0.447 e. The van der Waals surface area contributed by atoms with Gasteiger partial charge in [-0.05, 0) is 31.0 Å². The molecule has 1 aliphatic heterocycles. The lowest BCUT2D eigenvalue weighted by molar-refractivity contribution is -0.115. The van der Waals surface area contributed by atoms with Gasteiger partial charge in [-0.25, -0.2) is 4.79 Å². The van der Waals surface area contributed by atoms with E-state index in [1.54, 1.807) is 17.0 Å². The predicted octanol–water partition coefficient (Wildman–Crippen LogP) is 1.33. The van der Waals surface area contributed by atoms with Gasteiger partial charge in [-0.1, -0.05) is 6.07 Å². The highest BCUT2D eigenvalue weighted by Gasteiger charge is 2.24. The number of nitrogens with zero attached hydrogens (tertiary/aromatic N) is 1. The summed E-state index contributed by atoms with van der Waals surface area (Å²) in [5.74, 6) is -0.0713. The topological polar surface area (TPSA) is 70.7 Å². The number of rotatable bonds is 5. The van der Waals surface area contributed by atoms with Gasteiger partial charge in [0.1, 0.15) is 6.61 Å². The van der Waals surface area contributed by atoms with Gasteiger partial charge < -0.3 is 15.4 Å². The molecule has 0 radical (unpaired) electrons. The van der Waals surface area contributed by atoms with Gasteiger partial charge in [-0.3, -0.25) is 9.69 Å². The number of hydrogen-bond acceptors (Lipinski definition) is 4. The highest BCUT2D eigenvalue weighted by atomic mass is 16.6. The first-order valence-electron chi connectivity index (χ1n) is 6.80. The van der Waals surface area contributed by atoms with Crippen LogP contribution in [-0.2, 0) is 9.53 Å². The Morgan fingerprint density at radius 2 is 2.25 bits per heavy atom. The summed E-state index contributed by atoms with van der Waals surface area (Å²) in [6.07, 6.45) is 1.96. The van der Waals surface area contributed by atoms with Gasteiger partial charge in [0.2, 0.25) is 5.91 Å². The van der Waals surface area contributed by atoms with Crippen LogP contribution in [0.15, 0.2) is 24.3 Å². The van der Waals surface area contributed by atoms with E-state index < -0.39 is 0 Å². The molecule has 0 atom stereocenters. The number of ether oxygens (including phenoxy) is 1. The average Bonchev–Trinajstić information content (AvgIpc) is 3.17. The molecule has 2 N–H and O–H groups in total. The van der Waals surface area contributed by atoms with Crippen LogP contribution in [0, 0.1) is 0 Å². The number of carbonyl (C=O) groups is 2. The van der Waals surface area contributed by atoms with Crippen LogP contribution >= 0.6 is 0 Å². The molecular weight excluding hydrogens is 258 g/mol. The van der Waals surface area contributed by atoms with Gasteiger partial charge in [-0.15, -0.1) is 0 Å². The molecule has 0 bridgehead atoms. The molecule has 0 spiro atoms. The third kappa shape index (κ3) is 3.08. The van der Waals surface area contributed by atoms with Gasteiger partial charge in [-0.2, -0.15) is 0 Å². The maximum absolute atomic E-state index is 11.8. The average molecular weight is 275 g/mol. The Hall–Kier alpha value is -2.08. The van der Waals surface area contributed by atoms with Crippen molar-refractivity contribution in [2.45, 2.75) is 18.9 Å². The Morgan fingerprint density at radius 1 is 1.40 bits per heavy atom. The van der Waals surface area contributed by atoms with E-state index in [1.807, 2.05) is 12.1 Å². The molecule has 0 unspecified atom stereocenters. The summed E-state index contributed by atoms with van der Waals surface area (Å²) < 4.78 is 4.90. The summed E-state index contributed by atoms with van der Waals surface area (Å²) in [7, 11) is 0. The van der Waals surface area contributed by atoms with E-state index in [-0.39, 0.29) is 12.0 Å². The molecule has 2 aliphatic rings. The fraction of sp³-hybridized carbons (Fsp3) is 0.429. The van der Waals surface area contributed by atoms with Crippen LogP contribution < -0.4 is 15.5 Å². The van der Waals surface area contributed by atoms with Crippen molar-refractivity contribution >= 4 is 23.4 Å². The van der Waals surface area contributed by atoms with Crippen LogP contribution in [0.2, 0.25) is 0 Å². The van der Waals surface area contributed by atoms with Gasteiger partial charge in [0.25, 0.3) is 0 Å². The van der Waals surface area contributed by atoms with E-state index in [0.29, 0.717) is 31.4 Å². The molecule has 2 amide bonds. The standard InChI is InChI=1S/C14H17N3O3/c18-13(9-15-10-4-5-10)16-11-2-1-3-12(8-11)17-6-7-20-14(17)19/h1-3,8,10,15H,4-7,9H2,(H,16,18). The summed E-state index contributed by atoms with van der Waals surface area (Å²) >= 11 is 0. The lowest BCUT2D eigenvalue weighted by atomic mass is 10.2. The van der Waals surface area contributed by atoms with Crippen LogP contribution in [0.5, 0.6) is 0 Å². The molecule has 1 saturated heterocycles. The minimum atomic E-state index is -0.344. The summed E-state index contributed by atoms with van der Waals surface area (Å²) in [6.45, 7) is 1.26. The highest BCUT2D eigenvalue weighted by molar-refractivity contribution is 5.94. The number of cyclic esters (lactones) is 1. The fourth-order valence-corrected chi connectivity index (χ4v) is 2.11. The first kappa shape index (κ1) is 12.9. The molecule has 2 fully saturated rings. The maximum atomic E-state index is 11.8. The van der Waals surface area contributed by atoms with Crippen LogP contribution in [-0.4, -0.2) is 37.7 Å². The Labute approximate surface area is 117 Å². The van der Waals surface area contributed by atoms with E-state index in [0.717, 1.165) is 18.5 Å². The van der Waals surface area contributed by atoms with Crippen molar-refractivity contribution in [2.75, 3.05) is 29.9 Å². The quantitative estimate of drug-likeness (QED) is 0.850. The maximum Gasteiger partial charge on any atom is 0.414 e. The number of benzene rings is 1. The molecular formula is C14H17N3O3. The summed E-state index contributed by atoms with van der Waals surface area (Å²) in [6, 6.07) is 7.73. The van der Waals surface area contributed by atoms with E-state index in [4.69, 9.17) is 4.74 Å².